The number of aliphatic hydroxyl groups is 1. The highest BCUT2D eigenvalue weighted by Gasteiger charge is 2.15. The predicted octanol–water partition coefficient (Wildman–Crippen LogP) is 2.66. The lowest BCUT2D eigenvalue weighted by molar-refractivity contribution is 0.164. The van der Waals surface area contributed by atoms with Gasteiger partial charge in [0.1, 0.15) is 0 Å². The molecule has 0 saturated carbocycles. The molecule has 2 aromatic rings. The Morgan fingerprint density at radius 3 is 2.67 bits per heavy atom. The summed E-state index contributed by atoms with van der Waals surface area (Å²) in [6.45, 7) is 6.78. The number of β-amino-alcohol motifs (C(OH)–C–C–N with tert-alkyl or cyclic N) is 1. The average molecular weight is 244 g/mol. The Morgan fingerprint density at radius 2 is 1.94 bits per heavy atom. The van der Waals surface area contributed by atoms with Crippen molar-refractivity contribution in [1.82, 2.24) is 10.3 Å². The van der Waals surface area contributed by atoms with Crippen molar-refractivity contribution in [2.45, 2.75) is 32.4 Å². The third kappa shape index (κ3) is 3.06. The molecule has 18 heavy (non-hydrogen) atoms. The number of benzene rings is 1. The summed E-state index contributed by atoms with van der Waals surface area (Å²) >= 11 is 0. The van der Waals surface area contributed by atoms with Crippen molar-refractivity contribution in [1.29, 1.82) is 0 Å². The molecule has 0 unspecified atom stereocenters. The number of hydrogen-bond donors (Lipinski definition) is 2. The molecule has 1 heterocycles. The number of hydrogen-bond acceptors (Lipinski definition) is 3. The molecule has 1 aromatic carbocycles. The predicted molar refractivity (Wildman–Crippen MR) is 74.5 cm³/mol. The molecule has 0 amide bonds. The summed E-state index contributed by atoms with van der Waals surface area (Å²) in [7, 11) is 0. The van der Waals surface area contributed by atoms with Gasteiger partial charge in [-0.05, 0) is 26.8 Å². The fourth-order valence-electron chi connectivity index (χ4n) is 1.91. The molecule has 0 aliphatic rings. The first-order valence-corrected chi connectivity index (χ1v) is 6.24. The van der Waals surface area contributed by atoms with E-state index in [1.807, 2.05) is 30.3 Å². The topological polar surface area (TPSA) is 45.1 Å². The number of aromatic nitrogens is 1. The van der Waals surface area contributed by atoms with Crippen LogP contribution in [0.1, 0.15) is 32.4 Å². The fraction of sp³-hybridized carbons (Fsp3) is 0.400. The molecule has 0 spiro atoms. The van der Waals surface area contributed by atoms with Crippen LogP contribution < -0.4 is 5.32 Å². The normalized spacial score (nSPS) is 13.8. The maximum atomic E-state index is 10.3. The van der Waals surface area contributed by atoms with Crippen molar-refractivity contribution < 1.29 is 5.11 Å². The molecular formula is C15H20N2O. The van der Waals surface area contributed by atoms with Crippen LogP contribution in [0.5, 0.6) is 0 Å². The van der Waals surface area contributed by atoms with Crippen molar-refractivity contribution in [2.75, 3.05) is 6.54 Å². The average Bonchev–Trinajstić information content (AvgIpc) is 2.34. The highest BCUT2D eigenvalue weighted by Crippen LogP contribution is 2.22. The van der Waals surface area contributed by atoms with Crippen LogP contribution in [-0.4, -0.2) is 22.2 Å². The van der Waals surface area contributed by atoms with E-state index in [1.165, 1.54) is 0 Å². The van der Waals surface area contributed by atoms with E-state index < -0.39 is 6.10 Å². The van der Waals surface area contributed by atoms with Gasteiger partial charge in [0, 0.05) is 29.2 Å². The lowest BCUT2D eigenvalue weighted by Gasteiger charge is -2.23. The van der Waals surface area contributed by atoms with Crippen LogP contribution in [0.4, 0.5) is 0 Å². The molecular weight excluding hydrogens is 224 g/mol. The largest absolute Gasteiger partial charge is 0.387 e. The summed E-state index contributed by atoms with van der Waals surface area (Å²) < 4.78 is 0. The lowest BCUT2D eigenvalue weighted by atomic mass is 10.0. The first kappa shape index (κ1) is 13.0. The molecule has 2 rings (SSSR count). The molecule has 3 nitrogen and oxygen atoms in total. The summed E-state index contributed by atoms with van der Waals surface area (Å²) in [6, 6.07) is 9.82. The van der Waals surface area contributed by atoms with Crippen molar-refractivity contribution in [2.24, 2.45) is 0 Å². The Labute approximate surface area is 108 Å². The van der Waals surface area contributed by atoms with Gasteiger partial charge in [0.2, 0.25) is 0 Å². The summed E-state index contributed by atoms with van der Waals surface area (Å²) in [6.07, 6.45) is 1.22. The van der Waals surface area contributed by atoms with Gasteiger partial charge in [-0.3, -0.25) is 4.98 Å². The van der Waals surface area contributed by atoms with Gasteiger partial charge in [0.15, 0.2) is 0 Å². The van der Waals surface area contributed by atoms with E-state index in [1.54, 1.807) is 6.20 Å². The second-order valence-corrected chi connectivity index (χ2v) is 5.57. The van der Waals surface area contributed by atoms with Gasteiger partial charge in [-0.15, -0.1) is 0 Å². The zero-order chi connectivity index (χ0) is 13.2. The third-order valence-corrected chi connectivity index (χ3v) is 2.85. The van der Waals surface area contributed by atoms with E-state index in [0.29, 0.717) is 6.54 Å². The maximum Gasteiger partial charge on any atom is 0.0935 e. The molecule has 0 radical (unpaired) electrons. The Hall–Kier alpha value is -1.45. The van der Waals surface area contributed by atoms with Crippen LogP contribution in [-0.2, 0) is 0 Å². The van der Waals surface area contributed by atoms with Crippen molar-refractivity contribution >= 4 is 10.9 Å². The molecule has 0 aliphatic carbocycles. The monoisotopic (exact) mass is 244 g/mol. The van der Waals surface area contributed by atoms with Crippen molar-refractivity contribution in [3.63, 3.8) is 0 Å². The van der Waals surface area contributed by atoms with E-state index in [4.69, 9.17) is 0 Å². The molecule has 0 saturated heterocycles. The lowest BCUT2D eigenvalue weighted by Crippen LogP contribution is -2.38. The highest BCUT2D eigenvalue weighted by molar-refractivity contribution is 5.81. The summed E-state index contributed by atoms with van der Waals surface area (Å²) in [5, 5.41) is 14.6. The summed E-state index contributed by atoms with van der Waals surface area (Å²) in [4.78, 5) is 4.36. The molecule has 1 atom stereocenters. The van der Waals surface area contributed by atoms with E-state index in [-0.39, 0.29) is 5.54 Å². The van der Waals surface area contributed by atoms with Gasteiger partial charge in [-0.25, -0.2) is 0 Å². The number of pyridine rings is 1. The minimum absolute atomic E-state index is 0.001000. The summed E-state index contributed by atoms with van der Waals surface area (Å²) in [5.74, 6) is 0. The van der Waals surface area contributed by atoms with Gasteiger partial charge < -0.3 is 10.4 Å². The van der Waals surface area contributed by atoms with E-state index in [9.17, 15) is 5.11 Å². The van der Waals surface area contributed by atoms with Crippen molar-refractivity contribution in [3.8, 4) is 0 Å². The number of nitrogens with zero attached hydrogens (tertiary/aromatic N) is 1. The zero-order valence-corrected chi connectivity index (χ0v) is 11.1. The van der Waals surface area contributed by atoms with Crippen LogP contribution in [0.2, 0.25) is 0 Å². The van der Waals surface area contributed by atoms with Gasteiger partial charge >= 0.3 is 0 Å². The van der Waals surface area contributed by atoms with Crippen LogP contribution in [0.25, 0.3) is 10.9 Å². The first-order chi connectivity index (χ1) is 8.47. The van der Waals surface area contributed by atoms with Gasteiger partial charge in [-0.1, -0.05) is 24.3 Å². The standard InChI is InChI=1S/C15H20N2O/c1-15(2,3)17-10-13(18)12-8-4-6-11-7-5-9-16-14(11)12/h4-9,13,17-18H,10H2,1-3H3/t13-/m0/s1. The Bertz CT molecular complexity index is 526. The zero-order valence-electron chi connectivity index (χ0n) is 11.1. The third-order valence-electron chi connectivity index (χ3n) is 2.85. The highest BCUT2D eigenvalue weighted by atomic mass is 16.3. The van der Waals surface area contributed by atoms with Crippen LogP contribution in [0.3, 0.4) is 0 Å². The van der Waals surface area contributed by atoms with Crippen LogP contribution >= 0.6 is 0 Å². The number of aliphatic hydroxyl groups excluding tert-OH is 1. The second kappa shape index (κ2) is 5.04. The summed E-state index contributed by atoms with van der Waals surface area (Å²) in [5.41, 5.74) is 1.76. The molecule has 0 fully saturated rings. The van der Waals surface area contributed by atoms with Crippen LogP contribution in [0.15, 0.2) is 36.5 Å². The molecule has 96 valence electrons. The molecule has 3 heteroatoms. The maximum absolute atomic E-state index is 10.3. The van der Waals surface area contributed by atoms with Crippen LogP contribution in [0, 0.1) is 0 Å². The van der Waals surface area contributed by atoms with E-state index >= 15 is 0 Å². The van der Waals surface area contributed by atoms with E-state index in [0.717, 1.165) is 16.5 Å². The number of para-hydroxylation sites is 1. The molecule has 1 aromatic heterocycles. The molecule has 2 N–H and O–H groups in total. The van der Waals surface area contributed by atoms with Gasteiger partial charge in [0.25, 0.3) is 0 Å². The number of rotatable bonds is 3. The Kier molecular flexibility index (Phi) is 3.64. The second-order valence-electron chi connectivity index (χ2n) is 5.57. The van der Waals surface area contributed by atoms with E-state index in [2.05, 4.69) is 31.1 Å². The van der Waals surface area contributed by atoms with Crippen molar-refractivity contribution in [3.05, 3.63) is 42.1 Å². The Balaban J connectivity index is 2.25. The minimum atomic E-state index is -0.539. The molecule has 0 bridgehead atoms. The fourth-order valence-corrected chi connectivity index (χ4v) is 1.91. The SMILES string of the molecule is CC(C)(C)NC[C@H](O)c1cccc2cccnc12. The number of nitrogens with one attached hydrogen (secondary N) is 1. The Morgan fingerprint density at radius 1 is 1.22 bits per heavy atom. The van der Waals surface area contributed by atoms with Gasteiger partial charge in [-0.2, -0.15) is 0 Å². The quantitative estimate of drug-likeness (QED) is 0.872. The smallest absolute Gasteiger partial charge is 0.0935 e. The number of fused-ring (bicyclic) bond motifs is 1. The first-order valence-electron chi connectivity index (χ1n) is 6.24. The molecule has 0 aliphatic heterocycles. The van der Waals surface area contributed by atoms with Gasteiger partial charge in [0.05, 0.1) is 11.6 Å². The minimum Gasteiger partial charge on any atom is -0.387 e.